The molecule has 0 heterocycles. The molecule has 0 spiro atoms. The van der Waals surface area contributed by atoms with Gasteiger partial charge in [-0.3, -0.25) is 9.59 Å². The van der Waals surface area contributed by atoms with Crippen LogP contribution in [0.4, 0.5) is 0 Å². The van der Waals surface area contributed by atoms with Crippen LogP contribution in [0.15, 0.2) is 0 Å². The summed E-state index contributed by atoms with van der Waals surface area (Å²) < 4.78 is 0. The van der Waals surface area contributed by atoms with Crippen LogP contribution in [0, 0.1) is 5.92 Å². The summed E-state index contributed by atoms with van der Waals surface area (Å²) in [7, 11) is 0. The van der Waals surface area contributed by atoms with E-state index in [9.17, 15) is 9.59 Å². The number of amides is 1. The molecule has 0 aromatic heterocycles. The second-order valence-electron chi connectivity index (χ2n) is 4.16. The van der Waals surface area contributed by atoms with Gasteiger partial charge in [0.2, 0.25) is 5.91 Å². The van der Waals surface area contributed by atoms with Crippen molar-refractivity contribution >= 4 is 23.6 Å². The Hall–Kier alpha value is -0.710. The molecule has 5 heteroatoms. The molecule has 0 atom stereocenters. The van der Waals surface area contributed by atoms with E-state index in [2.05, 4.69) is 6.92 Å². The number of carbonyl (C=O) groups is 2. The number of nitrogens with zero attached hydrogens (tertiary/aromatic N) is 1. The molecule has 1 amide bonds. The maximum absolute atomic E-state index is 11.8. The van der Waals surface area contributed by atoms with Crippen molar-refractivity contribution in [1.29, 1.82) is 0 Å². The molecule has 16 heavy (non-hydrogen) atoms. The van der Waals surface area contributed by atoms with Crippen LogP contribution in [0.3, 0.4) is 0 Å². The predicted octanol–water partition coefficient (Wildman–Crippen LogP) is 1.45. The lowest BCUT2D eigenvalue weighted by Gasteiger charge is -2.20. The summed E-state index contributed by atoms with van der Waals surface area (Å²) in [5.41, 5.74) is 0. The van der Waals surface area contributed by atoms with E-state index in [-0.39, 0.29) is 12.5 Å². The summed E-state index contributed by atoms with van der Waals surface area (Å²) in [6.45, 7) is 2.54. The topological polar surface area (TPSA) is 57.6 Å². The molecule has 1 rings (SSSR count). The van der Waals surface area contributed by atoms with E-state index in [4.69, 9.17) is 5.11 Å². The highest BCUT2D eigenvalue weighted by Gasteiger charge is 2.27. The number of hydrogen-bond donors (Lipinski definition) is 1. The van der Waals surface area contributed by atoms with Gasteiger partial charge < -0.3 is 10.0 Å². The first-order chi connectivity index (χ1) is 7.63. The maximum atomic E-state index is 11.8. The second kappa shape index (κ2) is 6.78. The Labute approximate surface area is 100 Å². The molecule has 1 fully saturated rings. The largest absolute Gasteiger partial charge is 0.480 e. The Bertz CT molecular complexity index is 254. The van der Waals surface area contributed by atoms with Crippen LogP contribution in [0.2, 0.25) is 0 Å². The Morgan fingerprint density at radius 1 is 1.44 bits per heavy atom. The number of hydrogen-bond acceptors (Lipinski definition) is 3. The first-order valence-electron chi connectivity index (χ1n) is 5.70. The average molecular weight is 245 g/mol. The minimum atomic E-state index is -0.922. The van der Waals surface area contributed by atoms with Crippen molar-refractivity contribution in [2.75, 3.05) is 24.6 Å². The third-order valence-electron chi connectivity index (χ3n) is 2.43. The highest BCUT2D eigenvalue weighted by Crippen LogP contribution is 2.29. The highest BCUT2D eigenvalue weighted by molar-refractivity contribution is 7.99. The molecule has 0 bridgehead atoms. The smallest absolute Gasteiger partial charge is 0.323 e. The zero-order valence-electron chi connectivity index (χ0n) is 9.65. The van der Waals surface area contributed by atoms with Gasteiger partial charge in [-0.15, -0.1) is 0 Å². The van der Waals surface area contributed by atoms with Crippen molar-refractivity contribution in [3.05, 3.63) is 0 Å². The standard InChI is InChI=1S/C11H19NO3S/c1-2-5-16-8-10(13)12(7-11(14)15)6-9-3-4-9/h9H,2-8H2,1H3,(H,14,15). The molecule has 4 nitrogen and oxygen atoms in total. The summed E-state index contributed by atoms with van der Waals surface area (Å²) >= 11 is 1.58. The molecule has 0 aliphatic heterocycles. The van der Waals surface area contributed by atoms with Gasteiger partial charge in [0.1, 0.15) is 6.54 Å². The highest BCUT2D eigenvalue weighted by atomic mass is 32.2. The number of thioether (sulfide) groups is 1. The van der Waals surface area contributed by atoms with E-state index in [1.807, 2.05) is 0 Å². The van der Waals surface area contributed by atoms with Crippen molar-refractivity contribution < 1.29 is 14.7 Å². The molecule has 0 unspecified atom stereocenters. The fraction of sp³-hybridized carbons (Fsp3) is 0.818. The van der Waals surface area contributed by atoms with E-state index < -0.39 is 5.97 Å². The first-order valence-corrected chi connectivity index (χ1v) is 6.86. The van der Waals surface area contributed by atoms with Gasteiger partial charge in [-0.05, 0) is 30.9 Å². The molecular formula is C11H19NO3S. The molecule has 1 N–H and O–H groups in total. The normalized spacial score (nSPS) is 14.8. The van der Waals surface area contributed by atoms with Gasteiger partial charge in [-0.2, -0.15) is 11.8 Å². The quantitative estimate of drug-likeness (QED) is 0.658. The van der Waals surface area contributed by atoms with Crippen LogP contribution in [0.25, 0.3) is 0 Å². The van der Waals surface area contributed by atoms with Crippen LogP contribution in [-0.4, -0.2) is 46.5 Å². The molecule has 0 radical (unpaired) electrons. The van der Waals surface area contributed by atoms with E-state index in [1.165, 1.54) is 4.90 Å². The van der Waals surface area contributed by atoms with Crippen LogP contribution in [-0.2, 0) is 9.59 Å². The zero-order valence-corrected chi connectivity index (χ0v) is 10.5. The SMILES string of the molecule is CCCSCC(=O)N(CC(=O)O)CC1CC1. The lowest BCUT2D eigenvalue weighted by Crippen LogP contribution is -2.38. The summed E-state index contributed by atoms with van der Waals surface area (Å²) in [5, 5.41) is 8.74. The van der Waals surface area contributed by atoms with Gasteiger partial charge in [0, 0.05) is 6.54 Å². The van der Waals surface area contributed by atoms with Crippen molar-refractivity contribution in [3.8, 4) is 0 Å². The van der Waals surface area contributed by atoms with Crippen LogP contribution < -0.4 is 0 Å². The number of carbonyl (C=O) groups excluding carboxylic acids is 1. The molecule has 1 saturated carbocycles. The second-order valence-corrected chi connectivity index (χ2v) is 5.27. The number of rotatable bonds is 8. The Morgan fingerprint density at radius 3 is 2.62 bits per heavy atom. The molecule has 0 saturated heterocycles. The van der Waals surface area contributed by atoms with Crippen LogP contribution >= 0.6 is 11.8 Å². The lowest BCUT2D eigenvalue weighted by atomic mass is 10.3. The Kier molecular flexibility index (Phi) is 5.66. The number of aliphatic carboxylic acids is 1. The van der Waals surface area contributed by atoms with Crippen LogP contribution in [0.5, 0.6) is 0 Å². The molecule has 92 valence electrons. The van der Waals surface area contributed by atoms with Crippen LogP contribution in [0.1, 0.15) is 26.2 Å². The fourth-order valence-corrected chi connectivity index (χ4v) is 2.22. The number of carboxylic acid groups (broad SMARTS) is 1. The van der Waals surface area contributed by atoms with Gasteiger partial charge in [0.25, 0.3) is 0 Å². The zero-order chi connectivity index (χ0) is 12.0. The summed E-state index contributed by atoms with van der Waals surface area (Å²) in [5.74, 6) is 0.950. The van der Waals surface area contributed by atoms with Crippen molar-refractivity contribution in [2.24, 2.45) is 5.92 Å². The maximum Gasteiger partial charge on any atom is 0.323 e. The van der Waals surface area contributed by atoms with Gasteiger partial charge in [0.05, 0.1) is 5.75 Å². The molecule has 0 aromatic carbocycles. The van der Waals surface area contributed by atoms with Gasteiger partial charge in [-0.1, -0.05) is 6.92 Å². The minimum absolute atomic E-state index is 0.0345. The lowest BCUT2D eigenvalue weighted by molar-refractivity contribution is -0.143. The van der Waals surface area contributed by atoms with E-state index in [0.29, 0.717) is 18.2 Å². The van der Waals surface area contributed by atoms with Gasteiger partial charge in [-0.25, -0.2) is 0 Å². The first kappa shape index (κ1) is 13.4. The Morgan fingerprint density at radius 2 is 2.12 bits per heavy atom. The van der Waals surface area contributed by atoms with Crippen molar-refractivity contribution in [3.63, 3.8) is 0 Å². The fourth-order valence-electron chi connectivity index (χ4n) is 1.43. The summed E-state index contributed by atoms with van der Waals surface area (Å²) in [6, 6.07) is 0. The van der Waals surface area contributed by atoms with Crippen molar-refractivity contribution in [2.45, 2.75) is 26.2 Å². The molecule has 1 aliphatic rings. The minimum Gasteiger partial charge on any atom is -0.480 e. The predicted molar refractivity (Wildman–Crippen MR) is 64.6 cm³/mol. The summed E-state index contributed by atoms with van der Waals surface area (Å²) in [4.78, 5) is 23.9. The van der Waals surface area contributed by atoms with E-state index >= 15 is 0 Å². The molecular weight excluding hydrogens is 226 g/mol. The summed E-state index contributed by atoms with van der Waals surface area (Å²) in [6.07, 6.45) is 3.30. The Balaban J connectivity index is 2.33. The van der Waals surface area contributed by atoms with E-state index in [0.717, 1.165) is 25.0 Å². The molecule has 0 aromatic rings. The molecule has 1 aliphatic carbocycles. The number of carboxylic acids is 1. The van der Waals surface area contributed by atoms with Crippen molar-refractivity contribution in [1.82, 2.24) is 4.90 Å². The van der Waals surface area contributed by atoms with E-state index in [1.54, 1.807) is 11.8 Å². The third kappa shape index (κ3) is 5.39. The van der Waals surface area contributed by atoms with Gasteiger partial charge >= 0.3 is 5.97 Å². The average Bonchev–Trinajstić information content (AvgIpc) is 3.00. The van der Waals surface area contributed by atoms with Gasteiger partial charge in [0.15, 0.2) is 0 Å². The third-order valence-corrected chi connectivity index (χ3v) is 3.58. The monoisotopic (exact) mass is 245 g/mol.